The first kappa shape index (κ1) is 10.8. The van der Waals surface area contributed by atoms with Crippen molar-refractivity contribution in [2.24, 2.45) is 0 Å². The second-order valence-corrected chi connectivity index (χ2v) is 6.87. The Morgan fingerprint density at radius 2 is 2.00 bits per heavy atom. The summed E-state index contributed by atoms with van der Waals surface area (Å²) in [4.78, 5) is 0. The zero-order chi connectivity index (χ0) is 12.0. The summed E-state index contributed by atoms with van der Waals surface area (Å²) in [5, 5.41) is 13.6. The number of aromatic nitrogens is 2. The van der Waals surface area contributed by atoms with Crippen molar-refractivity contribution in [2.45, 2.75) is 43.2 Å². The molecule has 0 aromatic carbocycles. The molecule has 0 amide bonds. The van der Waals surface area contributed by atoms with Crippen LogP contribution in [0, 0.1) is 11.3 Å². The highest BCUT2D eigenvalue weighted by Crippen LogP contribution is 2.34. The monoisotopic (exact) mass is 251 g/mol. The van der Waals surface area contributed by atoms with Gasteiger partial charge in [-0.25, -0.2) is 8.42 Å². The normalized spacial score (nSPS) is 22.5. The Morgan fingerprint density at radius 3 is 2.65 bits per heavy atom. The molecule has 6 heteroatoms. The summed E-state index contributed by atoms with van der Waals surface area (Å²) >= 11 is 0. The number of rotatable bonds is 1. The minimum Gasteiger partial charge on any atom is -0.251 e. The fourth-order valence-corrected chi connectivity index (χ4v) is 4.29. The molecule has 2 aliphatic rings. The van der Waals surface area contributed by atoms with Crippen LogP contribution >= 0.6 is 0 Å². The molecule has 90 valence electrons. The van der Waals surface area contributed by atoms with Crippen molar-refractivity contribution < 1.29 is 8.42 Å². The second kappa shape index (κ2) is 3.57. The predicted molar refractivity (Wildman–Crippen MR) is 60.8 cm³/mol. The molecule has 3 rings (SSSR count). The van der Waals surface area contributed by atoms with Crippen LogP contribution in [0.1, 0.15) is 48.7 Å². The lowest BCUT2D eigenvalue weighted by Gasteiger charge is -2.11. The molecule has 0 spiro atoms. The highest BCUT2D eigenvalue weighted by Gasteiger charge is 2.34. The van der Waals surface area contributed by atoms with Gasteiger partial charge in [-0.05, 0) is 12.8 Å². The van der Waals surface area contributed by atoms with E-state index in [9.17, 15) is 13.7 Å². The van der Waals surface area contributed by atoms with E-state index in [0.29, 0.717) is 17.0 Å². The van der Waals surface area contributed by atoms with Crippen LogP contribution in [0.5, 0.6) is 0 Å². The van der Waals surface area contributed by atoms with Crippen LogP contribution in [0.15, 0.2) is 0 Å². The standard InChI is InChI=1S/C11H13N3O2S/c12-5-11-9-6-17(15,16)7-10(9)13-14(11)8-3-1-2-4-8/h8H,1-4,6-7H2. The Hall–Kier alpha value is -1.35. The smallest absolute Gasteiger partial charge is 0.160 e. The fourth-order valence-electron chi connectivity index (χ4n) is 2.79. The minimum absolute atomic E-state index is 0.00324. The summed E-state index contributed by atoms with van der Waals surface area (Å²) in [6, 6.07) is 2.42. The average Bonchev–Trinajstić information content (AvgIpc) is 2.89. The van der Waals surface area contributed by atoms with Crippen LogP contribution in [-0.2, 0) is 21.3 Å². The van der Waals surface area contributed by atoms with Gasteiger partial charge in [0.15, 0.2) is 9.84 Å². The van der Waals surface area contributed by atoms with Crippen LogP contribution in [0.2, 0.25) is 0 Å². The lowest BCUT2D eigenvalue weighted by molar-refractivity contribution is 0.459. The van der Waals surface area contributed by atoms with Crippen LogP contribution in [0.3, 0.4) is 0 Å². The van der Waals surface area contributed by atoms with Crippen LogP contribution in [-0.4, -0.2) is 18.2 Å². The first-order chi connectivity index (χ1) is 8.11. The van der Waals surface area contributed by atoms with Crippen LogP contribution < -0.4 is 0 Å². The zero-order valence-electron chi connectivity index (χ0n) is 9.39. The third-order valence-electron chi connectivity index (χ3n) is 3.59. The van der Waals surface area contributed by atoms with Crippen LogP contribution in [0.4, 0.5) is 0 Å². The van der Waals surface area contributed by atoms with Crippen molar-refractivity contribution in [3.63, 3.8) is 0 Å². The summed E-state index contributed by atoms with van der Waals surface area (Å²) in [5.41, 5.74) is 1.70. The summed E-state index contributed by atoms with van der Waals surface area (Å²) < 4.78 is 24.8. The Kier molecular flexibility index (Phi) is 2.26. The van der Waals surface area contributed by atoms with Gasteiger partial charge in [-0.2, -0.15) is 10.4 Å². The van der Waals surface area contributed by atoms with Crippen molar-refractivity contribution in [3.05, 3.63) is 17.0 Å². The van der Waals surface area contributed by atoms with E-state index in [1.165, 1.54) is 12.8 Å². The molecular weight excluding hydrogens is 238 g/mol. The van der Waals surface area contributed by atoms with E-state index in [-0.39, 0.29) is 17.5 Å². The fraction of sp³-hybridized carbons (Fsp3) is 0.636. The van der Waals surface area contributed by atoms with Crippen molar-refractivity contribution in [2.75, 3.05) is 0 Å². The Bertz CT molecular complexity index is 603. The highest BCUT2D eigenvalue weighted by atomic mass is 32.2. The Labute approximate surface area is 100.0 Å². The third kappa shape index (κ3) is 1.65. The lowest BCUT2D eigenvalue weighted by Crippen LogP contribution is -2.11. The van der Waals surface area contributed by atoms with E-state index >= 15 is 0 Å². The Balaban J connectivity index is 2.07. The van der Waals surface area contributed by atoms with E-state index < -0.39 is 9.84 Å². The molecule has 0 N–H and O–H groups in total. The molecule has 1 aliphatic carbocycles. The van der Waals surface area contributed by atoms with Crippen molar-refractivity contribution >= 4 is 9.84 Å². The van der Waals surface area contributed by atoms with E-state index in [1.54, 1.807) is 4.68 Å². The molecular formula is C11H13N3O2S. The summed E-state index contributed by atoms with van der Waals surface area (Å²) in [6.07, 6.45) is 4.42. The molecule has 0 atom stereocenters. The Morgan fingerprint density at radius 1 is 1.29 bits per heavy atom. The van der Waals surface area contributed by atoms with E-state index in [0.717, 1.165) is 12.8 Å². The molecule has 2 heterocycles. The average molecular weight is 251 g/mol. The third-order valence-corrected chi connectivity index (χ3v) is 5.03. The SMILES string of the molecule is N#Cc1c2c(nn1C1CCCC1)CS(=O)(=O)C2. The molecule has 1 aromatic heterocycles. The molecule has 0 saturated heterocycles. The predicted octanol–water partition coefficient (Wildman–Crippen LogP) is 1.30. The summed E-state index contributed by atoms with van der Waals surface area (Å²) in [7, 11) is -3.06. The topological polar surface area (TPSA) is 75.8 Å². The van der Waals surface area contributed by atoms with Gasteiger partial charge in [-0.15, -0.1) is 0 Å². The van der Waals surface area contributed by atoms with Crippen molar-refractivity contribution in [3.8, 4) is 6.07 Å². The molecule has 0 radical (unpaired) electrons. The van der Waals surface area contributed by atoms with Gasteiger partial charge in [0.1, 0.15) is 11.8 Å². The van der Waals surface area contributed by atoms with E-state index in [1.807, 2.05) is 0 Å². The lowest BCUT2D eigenvalue weighted by atomic mass is 10.2. The first-order valence-corrected chi connectivity index (χ1v) is 7.63. The molecule has 1 aromatic rings. The molecule has 0 unspecified atom stereocenters. The highest BCUT2D eigenvalue weighted by molar-refractivity contribution is 7.90. The summed E-state index contributed by atoms with van der Waals surface area (Å²) in [5.74, 6) is -0.0192. The maximum absolute atomic E-state index is 11.5. The first-order valence-electron chi connectivity index (χ1n) is 5.81. The quantitative estimate of drug-likeness (QED) is 0.753. The maximum Gasteiger partial charge on any atom is 0.160 e. The van der Waals surface area contributed by atoms with Gasteiger partial charge in [-0.3, -0.25) is 4.68 Å². The van der Waals surface area contributed by atoms with Gasteiger partial charge in [-0.1, -0.05) is 12.8 Å². The van der Waals surface area contributed by atoms with Crippen molar-refractivity contribution in [1.82, 2.24) is 9.78 Å². The van der Waals surface area contributed by atoms with Gasteiger partial charge in [0, 0.05) is 5.56 Å². The number of hydrogen-bond acceptors (Lipinski definition) is 4. The number of nitrogens with zero attached hydrogens (tertiary/aromatic N) is 3. The largest absolute Gasteiger partial charge is 0.251 e. The number of fused-ring (bicyclic) bond motifs is 1. The van der Waals surface area contributed by atoms with E-state index in [4.69, 9.17) is 0 Å². The molecule has 17 heavy (non-hydrogen) atoms. The summed E-state index contributed by atoms with van der Waals surface area (Å²) in [6.45, 7) is 0. The van der Waals surface area contributed by atoms with Gasteiger partial charge in [0.25, 0.3) is 0 Å². The maximum atomic E-state index is 11.5. The van der Waals surface area contributed by atoms with Gasteiger partial charge in [0.05, 0.1) is 23.2 Å². The number of nitriles is 1. The number of hydrogen-bond donors (Lipinski definition) is 0. The van der Waals surface area contributed by atoms with Crippen molar-refractivity contribution in [1.29, 1.82) is 5.26 Å². The number of sulfone groups is 1. The molecule has 5 nitrogen and oxygen atoms in total. The molecule has 1 fully saturated rings. The minimum atomic E-state index is -3.06. The zero-order valence-corrected chi connectivity index (χ0v) is 10.2. The molecule has 1 aliphatic heterocycles. The second-order valence-electron chi connectivity index (χ2n) is 4.80. The van der Waals surface area contributed by atoms with Gasteiger partial charge < -0.3 is 0 Å². The molecule has 1 saturated carbocycles. The van der Waals surface area contributed by atoms with Gasteiger partial charge in [0.2, 0.25) is 0 Å². The molecule has 0 bridgehead atoms. The van der Waals surface area contributed by atoms with E-state index in [2.05, 4.69) is 11.2 Å². The van der Waals surface area contributed by atoms with Gasteiger partial charge >= 0.3 is 0 Å². The van der Waals surface area contributed by atoms with Crippen LogP contribution in [0.25, 0.3) is 0 Å².